The molecular weight excluding hydrogens is 426 g/mol. The second-order valence-electron chi connectivity index (χ2n) is 4.51. The molecule has 1 aromatic heterocycles. The fraction of sp³-hybridized carbons (Fsp3) is 0.154. The van der Waals surface area contributed by atoms with Crippen molar-refractivity contribution >= 4 is 58.2 Å². The van der Waals surface area contributed by atoms with E-state index >= 15 is 0 Å². The average Bonchev–Trinajstić information content (AvgIpc) is 2.47. The number of halogens is 6. The summed E-state index contributed by atoms with van der Waals surface area (Å²) in [5.74, 6) is -0.948. The van der Waals surface area contributed by atoms with Gasteiger partial charge in [0.05, 0.1) is 21.5 Å². The Morgan fingerprint density at radius 1 is 1.20 bits per heavy atom. The third-order valence-electron chi connectivity index (χ3n) is 2.62. The van der Waals surface area contributed by atoms with Crippen molar-refractivity contribution in [2.75, 3.05) is 11.1 Å². The minimum atomic E-state index is -4.77. The predicted octanol–water partition coefficient (Wildman–Crippen LogP) is 4.48. The SMILES string of the molecule is O=C(CSc1nc(C(F)(F)F)cc(=O)[nH]1)Nc1c(Cl)cc(Cl)cc1Cl. The van der Waals surface area contributed by atoms with Gasteiger partial charge in [-0.2, -0.15) is 13.2 Å². The van der Waals surface area contributed by atoms with Crippen LogP contribution in [0.4, 0.5) is 18.9 Å². The topological polar surface area (TPSA) is 74.8 Å². The van der Waals surface area contributed by atoms with Gasteiger partial charge in [0.2, 0.25) is 5.91 Å². The van der Waals surface area contributed by atoms with Gasteiger partial charge < -0.3 is 10.3 Å². The maximum Gasteiger partial charge on any atom is 0.433 e. The zero-order valence-electron chi connectivity index (χ0n) is 11.9. The number of carbonyl (C=O) groups is 1. The molecule has 0 bridgehead atoms. The number of carbonyl (C=O) groups excluding carboxylic acids is 1. The summed E-state index contributed by atoms with van der Waals surface area (Å²) < 4.78 is 37.8. The lowest BCUT2D eigenvalue weighted by Gasteiger charge is -2.10. The van der Waals surface area contributed by atoms with E-state index in [1.165, 1.54) is 12.1 Å². The van der Waals surface area contributed by atoms with Gasteiger partial charge in [0.1, 0.15) is 0 Å². The molecule has 2 aromatic rings. The maximum atomic E-state index is 12.6. The van der Waals surface area contributed by atoms with Crippen molar-refractivity contribution in [1.82, 2.24) is 9.97 Å². The molecule has 0 fully saturated rings. The number of aromatic nitrogens is 2. The van der Waals surface area contributed by atoms with Crippen molar-refractivity contribution < 1.29 is 18.0 Å². The molecule has 5 nitrogen and oxygen atoms in total. The number of benzene rings is 1. The van der Waals surface area contributed by atoms with Crippen LogP contribution in [0.3, 0.4) is 0 Å². The van der Waals surface area contributed by atoms with E-state index in [0.717, 1.165) is 0 Å². The molecule has 0 saturated carbocycles. The number of rotatable bonds is 4. The number of hydrogen-bond acceptors (Lipinski definition) is 4. The Hall–Kier alpha value is -1.42. The monoisotopic (exact) mass is 431 g/mol. The van der Waals surface area contributed by atoms with Gasteiger partial charge in [-0.3, -0.25) is 9.59 Å². The van der Waals surface area contributed by atoms with E-state index in [-0.39, 0.29) is 31.7 Å². The molecule has 2 N–H and O–H groups in total. The van der Waals surface area contributed by atoms with Gasteiger partial charge in [0, 0.05) is 11.1 Å². The highest BCUT2D eigenvalue weighted by atomic mass is 35.5. The first-order chi connectivity index (χ1) is 11.6. The highest BCUT2D eigenvalue weighted by Crippen LogP contribution is 2.34. The lowest BCUT2D eigenvalue weighted by molar-refractivity contribution is -0.141. The molecule has 25 heavy (non-hydrogen) atoms. The lowest BCUT2D eigenvalue weighted by atomic mass is 10.3. The number of nitrogens with one attached hydrogen (secondary N) is 2. The molecule has 0 aliphatic carbocycles. The third kappa shape index (κ3) is 5.53. The molecule has 0 unspecified atom stereocenters. The smallest absolute Gasteiger partial charge is 0.323 e. The van der Waals surface area contributed by atoms with Crippen molar-refractivity contribution in [2.24, 2.45) is 0 Å². The van der Waals surface area contributed by atoms with Crippen molar-refractivity contribution in [2.45, 2.75) is 11.3 Å². The zero-order chi connectivity index (χ0) is 18.8. The Bertz CT molecular complexity index is 851. The summed E-state index contributed by atoms with van der Waals surface area (Å²) in [6.45, 7) is 0. The predicted molar refractivity (Wildman–Crippen MR) is 90.7 cm³/mol. The second-order valence-corrected chi connectivity index (χ2v) is 6.73. The maximum absolute atomic E-state index is 12.6. The highest BCUT2D eigenvalue weighted by molar-refractivity contribution is 7.99. The molecule has 134 valence electrons. The summed E-state index contributed by atoms with van der Waals surface area (Å²) in [6, 6.07) is 3.06. The van der Waals surface area contributed by atoms with Crippen molar-refractivity contribution in [1.29, 1.82) is 0 Å². The van der Waals surface area contributed by atoms with Crippen LogP contribution >= 0.6 is 46.6 Å². The van der Waals surface area contributed by atoms with Gasteiger partial charge >= 0.3 is 6.18 Å². The van der Waals surface area contributed by atoms with Gasteiger partial charge in [0.25, 0.3) is 5.56 Å². The van der Waals surface area contributed by atoms with Gasteiger partial charge in [-0.15, -0.1) is 0 Å². The molecule has 12 heteroatoms. The number of nitrogens with zero attached hydrogens (tertiary/aromatic N) is 1. The van der Waals surface area contributed by atoms with Crippen LogP contribution in [-0.4, -0.2) is 21.6 Å². The van der Waals surface area contributed by atoms with Crippen LogP contribution in [-0.2, 0) is 11.0 Å². The molecule has 0 aliphatic rings. The van der Waals surface area contributed by atoms with E-state index < -0.39 is 23.3 Å². The third-order valence-corrected chi connectivity index (χ3v) is 4.31. The van der Waals surface area contributed by atoms with Crippen LogP contribution in [0.5, 0.6) is 0 Å². The Kier molecular flexibility index (Phi) is 6.26. The van der Waals surface area contributed by atoms with Crippen LogP contribution in [0.2, 0.25) is 15.1 Å². The Balaban J connectivity index is 2.09. The molecule has 0 spiro atoms. The largest absolute Gasteiger partial charge is 0.433 e. The van der Waals surface area contributed by atoms with Crippen LogP contribution in [0, 0.1) is 0 Å². The number of aromatic amines is 1. The lowest BCUT2D eigenvalue weighted by Crippen LogP contribution is -2.18. The van der Waals surface area contributed by atoms with E-state index in [9.17, 15) is 22.8 Å². The quantitative estimate of drug-likeness (QED) is 0.552. The standard InChI is InChI=1S/C13H7Cl3F3N3O2S/c14-5-1-6(15)11(7(16)2-5)21-10(24)4-25-12-20-8(13(17,18)19)3-9(23)22-12/h1-3H,4H2,(H,21,24)(H,20,22,23). The Labute approximate surface area is 157 Å². The number of anilines is 1. The van der Waals surface area contributed by atoms with Crippen LogP contribution in [0.25, 0.3) is 0 Å². The number of H-pyrrole nitrogens is 1. The molecule has 1 amide bonds. The molecule has 0 saturated heterocycles. The van der Waals surface area contributed by atoms with E-state index in [4.69, 9.17) is 34.8 Å². The van der Waals surface area contributed by atoms with E-state index in [1.54, 1.807) is 0 Å². The van der Waals surface area contributed by atoms with E-state index in [1.807, 2.05) is 0 Å². The molecular formula is C13H7Cl3F3N3O2S. The minimum absolute atomic E-state index is 0.0986. The number of hydrogen-bond donors (Lipinski definition) is 2. The zero-order valence-corrected chi connectivity index (χ0v) is 15.0. The number of amides is 1. The first-order valence-electron chi connectivity index (χ1n) is 6.32. The first kappa shape index (κ1) is 19.9. The Morgan fingerprint density at radius 2 is 1.80 bits per heavy atom. The summed E-state index contributed by atoms with van der Waals surface area (Å²) >= 11 is 18.2. The molecule has 1 heterocycles. The van der Waals surface area contributed by atoms with Crippen LogP contribution in [0.1, 0.15) is 5.69 Å². The summed E-state index contributed by atoms with van der Waals surface area (Å²) in [7, 11) is 0. The molecule has 0 aliphatic heterocycles. The van der Waals surface area contributed by atoms with Crippen molar-refractivity contribution in [3.8, 4) is 0 Å². The van der Waals surface area contributed by atoms with Crippen LogP contribution < -0.4 is 10.9 Å². The van der Waals surface area contributed by atoms with Gasteiger partial charge in [-0.1, -0.05) is 46.6 Å². The van der Waals surface area contributed by atoms with Gasteiger partial charge in [-0.05, 0) is 12.1 Å². The average molecular weight is 433 g/mol. The van der Waals surface area contributed by atoms with Gasteiger partial charge in [0.15, 0.2) is 10.9 Å². The highest BCUT2D eigenvalue weighted by Gasteiger charge is 2.33. The normalized spacial score (nSPS) is 11.4. The fourth-order valence-corrected chi connectivity index (χ4v) is 3.21. The van der Waals surface area contributed by atoms with E-state index in [0.29, 0.717) is 17.8 Å². The Morgan fingerprint density at radius 3 is 2.36 bits per heavy atom. The number of thioether (sulfide) groups is 1. The summed E-state index contributed by atoms with van der Waals surface area (Å²) in [4.78, 5) is 28.6. The second kappa shape index (κ2) is 7.86. The summed E-state index contributed by atoms with van der Waals surface area (Å²) in [5, 5.41) is 2.54. The molecule has 2 rings (SSSR count). The molecule has 1 aromatic carbocycles. The fourth-order valence-electron chi connectivity index (χ4n) is 1.62. The number of alkyl halides is 3. The summed E-state index contributed by atoms with van der Waals surface area (Å²) in [5.41, 5.74) is -2.21. The van der Waals surface area contributed by atoms with Gasteiger partial charge in [-0.25, -0.2) is 4.98 Å². The molecule has 0 atom stereocenters. The summed E-state index contributed by atoms with van der Waals surface area (Å²) in [6.07, 6.45) is -4.77. The molecule has 0 radical (unpaired) electrons. The van der Waals surface area contributed by atoms with Crippen LogP contribution in [0.15, 0.2) is 28.2 Å². The van der Waals surface area contributed by atoms with Crippen molar-refractivity contribution in [3.05, 3.63) is 49.3 Å². The minimum Gasteiger partial charge on any atom is -0.323 e. The first-order valence-corrected chi connectivity index (χ1v) is 8.44. The van der Waals surface area contributed by atoms with Crippen molar-refractivity contribution in [3.63, 3.8) is 0 Å². The van der Waals surface area contributed by atoms with E-state index in [2.05, 4.69) is 15.3 Å².